The Morgan fingerprint density at radius 1 is 0.259 bits per heavy atom. The average Bonchev–Trinajstić information content (AvgIpc) is 3.46. The van der Waals surface area contributed by atoms with Crippen molar-refractivity contribution in [3.8, 4) is 0 Å². The van der Waals surface area contributed by atoms with Crippen LogP contribution in [-0.4, -0.2) is 37.2 Å². The number of hydrogen-bond donors (Lipinski definition) is 0. The van der Waals surface area contributed by atoms with Crippen molar-refractivity contribution < 1.29 is 28.6 Å². The molecule has 0 fully saturated rings. The molecule has 0 aromatic rings. The summed E-state index contributed by atoms with van der Waals surface area (Å²) in [5.41, 5.74) is 0. The van der Waals surface area contributed by atoms with Gasteiger partial charge in [-0.1, -0.05) is 262 Å². The van der Waals surface area contributed by atoms with Crippen LogP contribution < -0.4 is 0 Å². The fraction of sp³-hybridized carbons (Fsp3) is 0.587. The molecule has 0 amide bonds. The first-order chi connectivity index (χ1) is 40.0. The van der Waals surface area contributed by atoms with Crippen molar-refractivity contribution in [3.05, 3.63) is 170 Å². The zero-order valence-corrected chi connectivity index (χ0v) is 52.0. The van der Waals surface area contributed by atoms with Gasteiger partial charge in [-0.2, -0.15) is 0 Å². The van der Waals surface area contributed by atoms with Crippen LogP contribution in [0.15, 0.2) is 170 Å². The minimum absolute atomic E-state index is 0.114. The number of allylic oxidation sites excluding steroid dienone is 28. The molecule has 0 N–H and O–H groups in total. The minimum atomic E-state index is -0.819. The third-order valence-corrected chi connectivity index (χ3v) is 13.2. The van der Waals surface area contributed by atoms with Crippen LogP contribution in [0.1, 0.15) is 265 Å². The molecule has 0 aliphatic rings. The van der Waals surface area contributed by atoms with Crippen molar-refractivity contribution in [1.82, 2.24) is 0 Å². The summed E-state index contributed by atoms with van der Waals surface area (Å²) in [7, 11) is 0. The van der Waals surface area contributed by atoms with Crippen LogP contribution in [0.5, 0.6) is 0 Å². The quantitative estimate of drug-likeness (QED) is 0.0261. The number of hydrogen-bond acceptors (Lipinski definition) is 6. The molecule has 0 bridgehead atoms. The largest absolute Gasteiger partial charge is 0.462 e. The Kier molecular flexibility index (Phi) is 62.9. The van der Waals surface area contributed by atoms with E-state index in [0.29, 0.717) is 19.3 Å². The van der Waals surface area contributed by atoms with Gasteiger partial charge in [-0.25, -0.2) is 0 Å². The summed E-state index contributed by atoms with van der Waals surface area (Å²) < 4.78 is 16.9. The van der Waals surface area contributed by atoms with Crippen LogP contribution in [-0.2, 0) is 28.6 Å². The van der Waals surface area contributed by atoms with Crippen molar-refractivity contribution in [3.63, 3.8) is 0 Å². The third kappa shape index (κ3) is 65.5. The minimum Gasteiger partial charge on any atom is -0.462 e. The molecule has 0 aromatic carbocycles. The van der Waals surface area contributed by atoms with E-state index in [2.05, 4.69) is 191 Å². The first-order valence-corrected chi connectivity index (χ1v) is 32.6. The first-order valence-electron chi connectivity index (χ1n) is 32.6. The van der Waals surface area contributed by atoms with Gasteiger partial charge in [-0.3, -0.25) is 14.4 Å². The standard InChI is InChI=1S/C75H118O6/c1-4-7-10-13-16-19-22-25-27-29-31-33-34-35-36-37-38-39-40-42-43-45-47-50-53-56-59-62-65-68-74(77)80-71-72(70-79-73(76)67-64-61-58-55-52-49-24-21-18-15-12-9-6-3)81-75(78)69-66-63-60-57-54-51-48-46-44-41-32-30-28-26-23-20-17-14-11-8-5-2/h7,9-10,12,16,18-19,21,23,25-27,30-33,35-36,38-39,42-44,46-47,49-50,52,72H,4-6,8,11,13-15,17,20,22,24,28-29,34,37,40-41,45,48,51,53-71H2,1-3H3/b10-7-,12-9-,19-16-,21-18-,26-23-,27-25-,32-30-,33-31-,36-35-,39-38-,43-42-,46-44-,50-47-,52-49-. The molecule has 0 aliphatic heterocycles. The van der Waals surface area contributed by atoms with Gasteiger partial charge in [0.15, 0.2) is 6.10 Å². The summed E-state index contributed by atoms with van der Waals surface area (Å²) >= 11 is 0. The van der Waals surface area contributed by atoms with E-state index in [0.717, 1.165) is 173 Å². The van der Waals surface area contributed by atoms with Gasteiger partial charge in [0, 0.05) is 19.3 Å². The highest BCUT2D eigenvalue weighted by Gasteiger charge is 2.19. The van der Waals surface area contributed by atoms with E-state index in [1.807, 2.05) is 0 Å². The lowest BCUT2D eigenvalue weighted by molar-refractivity contribution is -0.167. The maximum atomic E-state index is 12.9. The molecule has 0 heterocycles. The van der Waals surface area contributed by atoms with Crippen molar-refractivity contribution in [2.75, 3.05) is 13.2 Å². The van der Waals surface area contributed by atoms with Crippen LogP contribution in [0.4, 0.5) is 0 Å². The molecule has 1 atom stereocenters. The van der Waals surface area contributed by atoms with E-state index in [1.165, 1.54) is 51.4 Å². The molecule has 0 aromatic heterocycles. The molecular weight excluding hydrogens is 997 g/mol. The van der Waals surface area contributed by atoms with Gasteiger partial charge in [-0.05, 0) is 154 Å². The molecule has 0 aliphatic carbocycles. The maximum absolute atomic E-state index is 12.9. The van der Waals surface area contributed by atoms with E-state index in [-0.39, 0.29) is 31.1 Å². The van der Waals surface area contributed by atoms with Crippen LogP contribution in [0.2, 0.25) is 0 Å². The molecule has 0 saturated carbocycles. The van der Waals surface area contributed by atoms with Gasteiger partial charge in [0.1, 0.15) is 13.2 Å². The van der Waals surface area contributed by atoms with Crippen LogP contribution in [0.3, 0.4) is 0 Å². The fourth-order valence-electron chi connectivity index (χ4n) is 8.36. The Balaban J connectivity index is 4.46. The smallest absolute Gasteiger partial charge is 0.306 e. The summed E-state index contributed by atoms with van der Waals surface area (Å²) in [5, 5.41) is 0. The van der Waals surface area contributed by atoms with Gasteiger partial charge >= 0.3 is 17.9 Å². The number of carbonyl (C=O) groups is 3. The predicted molar refractivity (Wildman–Crippen MR) is 352 cm³/mol. The highest BCUT2D eigenvalue weighted by molar-refractivity contribution is 5.71. The van der Waals surface area contributed by atoms with Gasteiger partial charge < -0.3 is 14.2 Å². The molecule has 0 saturated heterocycles. The lowest BCUT2D eigenvalue weighted by atomic mass is 10.1. The summed E-state index contributed by atoms with van der Waals surface area (Å²) in [6, 6.07) is 0. The monoisotopic (exact) mass is 1110 g/mol. The fourth-order valence-corrected chi connectivity index (χ4v) is 8.36. The Labute approximate surface area is 498 Å². The van der Waals surface area contributed by atoms with E-state index >= 15 is 0 Å². The van der Waals surface area contributed by atoms with Crippen molar-refractivity contribution in [2.45, 2.75) is 271 Å². The first kappa shape index (κ1) is 75.8. The molecule has 0 radical (unpaired) electrons. The summed E-state index contributed by atoms with van der Waals surface area (Å²) in [6.07, 6.45) is 99.3. The van der Waals surface area contributed by atoms with Gasteiger partial charge in [0.2, 0.25) is 0 Å². The van der Waals surface area contributed by atoms with E-state index < -0.39 is 6.10 Å². The van der Waals surface area contributed by atoms with E-state index in [9.17, 15) is 14.4 Å². The highest BCUT2D eigenvalue weighted by atomic mass is 16.6. The number of ether oxygens (including phenoxy) is 3. The van der Waals surface area contributed by atoms with Crippen LogP contribution >= 0.6 is 0 Å². The molecule has 6 heteroatoms. The Hall–Kier alpha value is -5.23. The Morgan fingerprint density at radius 3 is 0.765 bits per heavy atom. The second-order valence-electron chi connectivity index (χ2n) is 20.9. The number of unbranched alkanes of at least 4 members (excludes halogenated alkanes) is 18. The summed E-state index contributed by atoms with van der Waals surface area (Å²) in [4.78, 5) is 38.3. The van der Waals surface area contributed by atoms with Crippen molar-refractivity contribution in [1.29, 1.82) is 0 Å². The molecule has 1 unspecified atom stereocenters. The average molecular weight is 1120 g/mol. The lowest BCUT2D eigenvalue weighted by Crippen LogP contribution is -2.30. The van der Waals surface area contributed by atoms with E-state index in [4.69, 9.17) is 14.2 Å². The lowest BCUT2D eigenvalue weighted by Gasteiger charge is -2.18. The van der Waals surface area contributed by atoms with Gasteiger partial charge in [0.05, 0.1) is 0 Å². The Bertz CT molecular complexity index is 1860. The molecule has 454 valence electrons. The number of esters is 3. The molecule has 81 heavy (non-hydrogen) atoms. The van der Waals surface area contributed by atoms with Gasteiger partial charge in [0.25, 0.3) is 0 Å². The normalized spacial score (nSPS) is 13.3. The Morgan fingerprint density at radius 2 is 0.481 bits per heavy atom. The summed E-state index contributed by atoms with van der Waals surface area (Å²) in [6.45, 7) is 6.34. The summed E-state index contributed by atoms with van der Waals surface area (Å²) in [5.74, 6) is -0.984. The van der Waals surface area contributed by atoms with Crippen molar-refractivity contribution >= 4 is 17.9 Å². The molecule has 0 spiro atoms. The molecule has 0 rings (SSSR count). The molecular formula is C75H118O6. The highest BCUT2D eigenvalue weighted by Crippen LogP contribution is 2.13. The maximum Gasteiger partial charge on any atom is 0.306 e. The van der Waals surface area contributed by atoms with Crippen LogP contribution in [0.25, 0.3) is 0 Å². The van der Waals surface area contributed by atoms with Gasteiger partial charge in [-0.15, -0.1) is 0 Å². The van der Waals surface area contributed by atoms with E-state index in [1.54, 1.807) is 0 Å². The number of carbonyl (C=O) groups excluding carboxylic acids is 3. The second kappa shape index (κ2) is 67.3. The van der Waals surface area contributed by atoms with Crippen molar-refractivity contribution in [2.24, 2.45) is 0 Å². The van der Waals surface area contributed by atoms with Crippen LogP contribution in [0, 0.1) is 0 Å². The SMILES string of the molecule is CC/C=C\C/C=C\C/C=C\C/C=C\C/C=C\C/C=C\C/C=C\C/C=C\CCCCCCC(=O)OCC(COC(=O)CCCCC/C=C\C/C=C\C/C=C\CC)OC(=O)CCCCCCCC/C=C\C/C=C\C/C=C\CCCCCCC. The predicted octanol–water partition coefficient (Wildman–Crippen LogP) is 22.7. The number of rotatable bonds is 57. The zero-order valence-electron chi connectivity index (χ0n) is 52.0. The zero-order chi connectivity index (χ0) is 58.5. The second-order valence-corrected chi connectivity index (χ2v) is 20.9. The topological polar surface area (TPSA) is 78.9 Å². The third-order valence-electron chi connectivity index (χ3n) is 13.2. The molecule has 6 nitrogen and oxygen atoms in total.